The lowest BCUT2D eigenvalue weighted by Crippen LogP contribution is -2.17. The van der Waals surface area contributed by atoms with E-state index in [0.717, 1.165) is 11.4 Å². The van der Waals surface area contributed by atoms with Gasteiger partial charge in [-0.2, -0.15) is 0 Å². The summed E-state index contributed by atoms with van der Waals surface area (Å²) >= 11 is 0. The van der Waals surface area contributed by atoms with Crippen LogP contribution in [0, 0.1) is 6.92 Å². The minimum Gasteiger partial charge on any atom is -0.310 e. The highest BCUT2D eigenvalue weighted by atomic mass is 15.1. The third-order valence-electron chi connectivity index (χ3n) is 12.9. The average Bonchev–Trinajstić information content (AvgIpc) is 3.62. The second kappa shape index (κ2) is 13.0. The van der Waals surface area contributed by atoms with Crippen LogP contribution in [0.25, 0.3) is 49.4 Å². The van der Waals surface area contributed by atoms with Gasteiger partial charge in [-0.25, -0.2) is 0 Å². The van der Waals surface area contributed by atoms with Crippen molar-refractivity contribution >= 4 is 49.6 Å². The fraction of sp³-hybridized carbons (Fsp3) is 0.286. The Kier molecular flexibility index (Phi) is 8.47. The molecule has 0 radical (unpaired) electrons. The van der Waals surface area contributed by atoms with Gasteiger partial charge < -0.3 is 9.47 Å². The molecule has 0 unspecified atom stereocenters. The van der Waals surface area contributed by atoms with Gasteiger partial charge >= 0.3 is 0 Å². The lowest BCUT2D eigenvalue weighted by Gasteiger charge is -2.30. The highest BCUT2D eigenvalue weighted by Crippen LogP contribution is 2.55. The number of benzene rings is 7. The monoisotopic (exact) mass is 758 g/mol. The van der Waals surface area contributed by atoms with Gasteiger partial charge in [0.2, 0.25) is 0 Å². The van der Waals surface area contributed by atoms with E-state index in [1.807, 2.05) is 0 Å². The number of hydrogen-bond donors (Lipinski definition) is 0. The van der Waals surface area contributed by atoms with Gasteiger partial charge in [-0.15, -0.1) is 0 Å². The van der Waals surface area contributed by atoms with Crippen LogP contribution >= 0.6 is 0 Å². The van der Waals surface area contributed by atoms with Gasteiger partial charge in [0.05, 0.1) is 16.7 Å². The summed E-state index contributed by atoms with van der Waals surface area (Å²) < 4.78 is 2.51. The zero-order valence-corrected chi connectivity index (χ0v) is 36.6. The maximum atomic E-state index is 2.51. The molecule has 8 aromatic rings. The number of hydrogen-bond acceptors (Lipinski definition) is 1. The predicted octanol–water partition coefficient (Wildman–Crippen LogP) is 15.9. The van der Waals surface area contributed by atoms with E-state index in [1.54, 1.807) is 0 Å². The summed E-state index contributed by atoms with van der Waals surface area (Å²) in [5, 5.41) is 5.18. The number of rotatable bonds is 4. The summed E-state index contributed by atoms with van der Waals surface area (Å²) in [5.41, 5.74) is 17.9. The van der Waals surface area contributed by atoms with Gasteiger partial charge in [0.1, 0.15) is 0 Å². The Hall–Kier alpha value is -5.60. The molecule has 0 atom stereocenters. The molecular formula is C56H58N2. The topological polar surface area (TPSA) is 8.17 Å². The van der Waals surface area contributed by atoms with Crippen molar-refractivity contribution < 1.29 is 0 Å². The van der Waals surface area contributed by atoms with Crippen molar-refractivity contribution in [3.05, 3.63) is 167 Å². The first-order valence-electron chi connectivity index (χ1n) is 21.1. The molecule has 7 aromatic carbocycles. The van der Waals surface area contributed by atoms with Crippen LogP contribution in [0.15, 0.2) is 133 Å². The zero-order chi connectivity index (χ0) is 41.1. The maximum absolute atomic E-state index is 2.51. The molecule has 0 fully saturated rings. The fourth-order valence-corrected chi connectivity index (χ4v) is 9.34. The highest BCUT2D eigenvalue weighted by molar-refractivity contribution is 6.12. The molecule has 1 aromatic heterocycles. The minimum atomic E-state index is -0.244. The average molecular weight is 759 g/mol. The summed E-state index contributed by atoms with van der Waals surface area (Å²) in [5.74, 6) is 0. The largest absolute Gasteiger partial charge is 0.310 e. The van der Waals surface area contributed by atoms with Crippen molar-refractivity contribution in [1.82, 2.24) is 4.57 Å². The van der Waals surface area contributed by atoms with E-state index >= 15 is 0 Å². The van der Waals surface area contributed by atoms with Gasteiger partial charge in [-0.1, -0.05) is 148 Å². The Morgan fingerprint density at radius 3 is 1.50 bits per heavy atom. The molecule has 292 valence electrons. The van der Waals surface area contributed by atoms with Crippen LogP contribution in [0.5, 0.6) is 0 Å². The Bertz CT molecular complexity index is 2820. The number of anilines is 3. The zero-order valence-electron chi connectivity index (χ0n) is 36.6. The van der Waals surface area contributed by atoms with E-state index in [0.29, 0.717) is 0 Å². The molecule has 0 N–H and O–H groups in total. The van der Waals surface area contributed by atoms with Crippen LogP contribution in [0.1, 0.15) is 110 Å². The van der Waals surface area contributed by atoms with Crippen LogP contribution in [0.2, 0.25) is 0 Å². The van der Waals surface area contributed by atoms with Crippen LogP contribution in [0.3, 0.4) is 0 Å². The smallest absolute Gasteiger partial charge is 0.0543 e. The van der Waals surface area contributed by atoms with E-state index in [-0.39, 0.29) is 21.7 Å². The lowest BCUT2D eigenvalue weighted by atomic mass is 9.81. The van der Waals surface area contributed by atoms with Crippen molar-refractivity contribution in [1.29, 1.82) is 0 Å². The summed E-state index contributed by atoms with van der Waals surface area (Å²) in [6, 6.07) is 51.2. The highest BCUT2D eigenvalue weighted by Gasteiger charge is 2.38. The van der Waals surface area contributed by atoms with E-state index < -0.39 is 0 Å². The SMILES string of the molecule is Cc1ccc(N(c2ccc(C(C)(C)C)cc2)c2cc3c(c4ccccc24)-c2ccc(-n4c5ccc(C(C)(C)C)cc5c5cc(C(C)(C)C)ccc54)cc2C3(C)C)cc1. The number of aryl methyl sites for hydroxylation is 1. The fourth-order valence-electron chi connectivity index (χ4n) is 9.34. The van der Waals surface area contributed by atoms with E-state index in [2.05, 4.69) is 226 Å². The number of aromatic nitrogens is 1. The van der Waals surface area contributed by atoms with E-state index in [1.165, 1.54) is 88.5 Å². The van der Waals surface area contributed by atoms with Crippen LogP contribution < -0.4 is 4.90 Å². The molecule has 2 heteroatoms. The predicted molar refractivity (Wildman–Crippen MR) is 251 cm³/mol. The molecule has 1 aliphatic rings. The van der Waals surface area contributed by atoms with Gasteiger partial charge in [-0.3, -0.25) is 0 Å². The second-order valence-corrected chi connectivity index (χ2v) is 20.5. The molecule has 0 saturated heterocycles. The van der Waals surface area contributed by atoms with Crippen molar-refractivity contribution in [3.8, 4) is 16.8 Å². The van der Waals surface area contributed by atoms with Crippen molar-refractivity contribution in [2.45, 2.75) is 105 Å². The van der Waals surface area contributed by atoms with Gasteiger partial charge in [0, 0.05) is 38.6 Å². The third kappa shape index (κ3) is 6.07. The Morgan fingerprint density at radius 2 is 0.966 bits per heavy atom. The van der Waals surface area contributed by atoms with E-state index in [4.69, 9.17) is 0 Å². The molecule has 0 amide bonds. The molecule has 1 heterocycles. The first-order chi connectivity index (χ1) is 27.3. The van der Waals surface area contributed by atoms with E-state index in [9.17, 15) is 0 Å². The van der Waals surface area contributed by atoms with Crippen molar-refractivity contribution in [3.63, 3.8) is 0 Å². The molecule has 2 nitrogen and oxygen atoms in total. The summed E-state index contributed by atoms with van der Waals surface area (Å²) in [7, 11) is 0. The number of fused-ring (bicyclic) bond motifs is 8. The van der Waals surface area contributed by atoms with Crippen LogP contribution in [0.4, 0.5) is 17.1 Å². The minimum absolute atomic E-state index is 0.0557. The third-order valence-corrected chi connectivity index (χ3v) is 12.9. The Morgan fingerprint density at radius 1 is 0.466 bits per heavy atom. The summed E-state index contributed by atoms with van der Waals surface area (Å²) in [6.45, 7) is 27.7. The molecular weight excluding hydrogens is 701 g/mol. The molecule has 1 aliphatic carbocycles. The van der Waals surface area contributed by atoms with Crippen molar-refractivity contribution in [2.75, 3.05) is 4.90 Å². The summed E-state index contributed by atoms with van der Waals surface area (Å²) in [4.78, 5) is 2.47. The normalized spacial score (nSPS) is 14.0. The van der Waals surface area contributed by atoms with Crippen LogP contribution in [-0.2, 0) is 21.7 Å². The Labute approximate surface area is 346 Å². The molecule has 9 rings (SSSR count). The van der Waals surface area contributed by atoms with Crippen LogP contribution in [-0.4, -0.2) is 4.57 Å². The molecule has 0 saturated carbocycles. The second-order valence-electron chi connectivity index (χ2n) is 20.5. The van der Waals surface area contributed by atoms with Gasteiger partial charge in [0.25, 0.3) is 0 Å². The number of nitrogens with zero attached hydrogens (tertiary/aromatic N) is 2. The van der Waals surface area contributed by atoms with Crippen molar-refractivity contribution in [2.24, 2.45) is 0 Å². The molecule has 58 heavy (non-hydrogen) atoms. The van der Waals surface area contributed by atoms with Gasteiger partial charge in [-0.05, 0) is 134 Å². The molecule has 0 spiro atoms. The standard InChI is InChI=1S/C56H58N2/c1-35-17-23-39(24-18-35)57(40-25-19-36(20-26-40)53(2,3)4)51-34-48-52(43-16-14-13-15-42(43)51)44-28-27-41(33-47(44)56(48,11)12)58-49-29-21-37(54(5,6)7)31-45(49)46-32-38(55(8,9)10)22-30-50(46)58/h13-34H,1-12H3. The quantitative estimate of drug-likeness (QED) is 0.174. The first-order valence-corrected chi connectivity index (χ1v) is 21.1. The Balaban J connectivity index is 1.26. The lowest BCUT2D eigenvalue weighted by molar-refractivity contribution is 0.590. The molecule has 0 bridgehead atoms. The molecule has 0 aliphatic heterocycles. The maximum Gasteiger partial charge on any atom is 0.0543 e. The first kappa shape index (κ1) is 37.9. The van der Waals surface area contributed by atoms with Gasteiger partial charge in [0.15, 0.2) is 0 Å². The summed E-state index contributed by atoms with van der Waals surface area (Å²) in [6.07, 6.45) is 0.